The first kappa shape index (κ1) is 27.0. The molecule has 0 saturated heterocycles. The SMILES string of the molecule is O=C1c2c(O)ccc(O)c2C(=O)c2c(NCCNCCO)ccc(NCCNCCO)c21.[PbH2]. The van der Waals surface area contributed by atoms with Gasteiger partial charge in [0.25, 0.3) is 0 Å². The number of ketones is 2. The maximum atomic E-state index is 13.4. The molecule has 0 bridgehead atoms. The summed E-state index contributed by atoms with van der Waals surface area (Å²) in [5, 5.41) is 50.6. The molecule has 8 N–H and O–H groups in total. The number of nitrogens with one attached hydrogen (secondary N) is 4. The first-order chi connectivity index (χ1) is 15.5. The van der Waals surface area contributed by atoms with Gasteiger partial charge in [-0.25, -0.2) is 0 Å². The van der Waals surface area contributed by atoms with E-state index < -0.39 is 11.6 Å². The summed E-state index contributed by atoms with van der Waals surface area (Å²) >= 11 is 0. The van der Waals surface area contributed by atoms with Gasteiger partial charge in [-0.3, -0.25) is 9.59 Å². The summed E-state index contributed by atoms with van der Waals surface area (Å²) in [5.41, 5.74) is 0.678. The average Bonchev–Trinajstić information content (AvgIpc) is 2.78. The zero-order valence-electron chi connectivity index (χ0n) is 18.3. The van der Waals surface area contributed by atoms with Crippen LogP contribution in [0.4, 0.5) is 11.4 Å². The second kappa shape index (κ2) is 12.8. The van der Waals surface area contributed by atoms with Gasteiger partial charge in [0, 0.05) is 50.6 Å². The fourth-order valence-electron chi connectivity index (χ4n) is 3.64. The third-order valence-corrected chi connectivity index (χ3v) is 5.09. The van der Waals surface area contributed by atoms with E-state index in [1.807, 2.05) is 0 Å². The molecule has 0 fully saturated rings. The van der Waals surface area contributed by atoms with Crippen molar-refractivity contribution in [3.63, 3.8) is 0 Å². The quantitative estimate of drug-likeness (QED) is 0.0688. The fraction of sp³-hybridized carbons (Fsp3) is 0.364. The van der Waals surface area contributed by atoms with Gasteiger partial charge in [-0.2, -0.15) is 0 Å². The normalized spacial score (nSPS) is 12.1. The molecular weight excluding hydrogens is 623 g/mol. The van der Waals surface area contributed by atoms with Crippen LogP contribution >= 0.6 is 0 Å². The Bertz CT molecular complexity index is 923. The fourth-order valence-corrected chi connectivity index (χ4v) is 3.64. The van der Waals surface area contributed by atoms with Gasteiger partial charge in [0.15, 0.2) is 0 Å². The Morgan fingerprint density at radius 2 is 0.970 bits per heavy atom. The number of carbonyl (C=O) groups is 2. The number of phenols is 2. The minimum absolute atomic E-state index is 0. The zero-order chi connectivity index (χ0) is 23.1. The molecule has 11 heteroatoms. The number of aliphatic hydroxyl groups excluding tert-OH is 2. The molecule has 0 aliphatic heterocycles. The number of aliphatic hydroxyl groups is 2. The van der Waals surface area contributed by atoms with Crippen LogP contribution in [0.5, 0.6) is 11.5 Å². The van der Waals surface area contributed by atoms with E-state index >= 15 is 0 Å². The first-order valence-corrected chi connectivity index (χ1v) is 10.4. The van der Waals surface area contributed by atoms with Gasteiger partial charge in [0.05, 0.1) is 35.5 Å². The molecule has 0 spiro atoms. The Kier molecular flexibility index (Phi) is 10.5. The molecule has 0 unspecified atom stereocenters. The number of anilines is 2. The second-order valence-corrected chi connectivity index (χ2v) is 7.22. The van der Waals surface area contributed by atoms with Crippen LogP contribution in [0.15, 0.2) is 24.3 Å². The van der Waals surface area contributed by atoms with Crippen LogP contribution < -0.4 is 21.3 Å². The average molecular weight is 654 g/mol. The van der Waals surface area contributed by atoms with Crippen LogP contribution in [0.3, 0.4) is 0 Å². The topological polar surface area (TPSA) is 163 Å². The molecule has 0 aromatic heterocycles. The second-order valence-electron chi connectivity index (χ2n) is 7.22. The molecular formula is C22H30N4O6Pb. The monoisotopic (exact) mass is 654 g/mol. The molecule has 0 atom stereocenters. The summed E-state index contributed by atoms with van der Waals surface area (Å²) in [6, 6.07) is 5.74. The molecule has 1 aliphatic rings. The molecule has 2 aromatic rings. The Morgan fingerprint density at radius 3 is 1.33 bits per heavy atom. The molecule has 0 heterocycles. The van der Waals surface area contributed by atoms with E-state index in [0.717, 1.165) is 0 Å². The van der Waals surface area contributed by atoms with Crippen molar-refractivity contribution in [3.05, 3.63) is 46.5 Å². The Morgan fingerprint density at radius 1 is 0.576 bits per heavy atom. The summed E-state index contributed by atoms with van der Waals surface area (Å²) in [6.45, 7) is 2.81. The van der Waals surface area contributed by atoms with Crippen LogP contribution in [0.2, 0.25) is 0 Å². The van der Waals surface area contributed by atoms with Crippen LogP contribution in [0.1, 0.15) is 31.8 Å². The number of phenolic OH excluding ortho intramolecular Hbond substituents is 2. The van der Waals surface area contributed by atoms with E-state index in [1.54, 1.807) is 12.1 Å². The minimum atomic E-state index is -0.559. The summed E-state index contributed by atoms with van der Waals surface area (Å²) in [4.78, 5) is 26.7. The van der Waals surface area contributed by atoms with E-state index in [0.29, 0.717) is 50.6 Å². The number of hydrogen-bond donors (Lipinski definition) is 8. The van der Waals surface area contributed by atoms with Crippen molar-refractivity contribution in [1.29, 1.82) is 0 Å². The molecule has 0 amide bonds. The molecule has 2 aromatic carbocycles. The summed E-state index contributed by atoms with van der Waals surface area (Å²) in [5.74, 6) is -1.86. The summed E-state index contributed by atoms with van der Waals surface area (Å²) in [7, 11) is 0. The van der Waals surface area contributed by atoms with Crippen molar-refractivity contribution in [2.24, 2.45) is 0 Å². The predicted molar refractivity (Wildman–Crippen MR) is 129 cm³/mol. The van der Waals surface area contributed by atoms with Crippen molar-refractivity contribution in [1.82, 2.24) is 10.6 Å². The van der Waals surface area contributed by atoms with E-state index in [-0.39, 0.29) is 74.3 Å². The number of carbonyl (C=O) groups excluding carboxylic acids is 2. The van der Waals surface area contributed by atoms with Gasteiger partial charge >= 0.3 is 27.3 Å². The van der Waals surface area contributed by atoms with Crippen LogP contribution in [0.25, 0.3) is 0 Å². The van der Waals surface area contributed by atoms with Crippen LogP contribution in [-0.4, -0.2) is 112 Å². The molecule has 0 saturated carbocycles. The van der Waals surface area contributed by atoms with E-state index in [2.05, 4.69) is 21.3 Å². The van der Waals surface area contributed by atoms with E-state index in [1.165, 1.54) is 12.1 Å². The third-order valence-electron chi connectivity index (χ3n) is 5.09. The van der Waals surface area contributed by atoms with Gasteiger partial charge < -0.3 is 41.7 Å². The van der Waals surface area contributed by atoms with Crippen molar-refractivity contribution in [2.45, 2.75) is 0 Å². The van der Waals surface area contributed by atoms with Gasteiger partial charge in [0.1, 0.15) is 11.5 Å². The molecule has 33 heavy (non-hydrogen) atoms. The Balaban J connectivity index is 0.00000385. The number of benzene rings is 2. The van der Waals surface area contributed by atoms with Crippen molar-refractivity contribution < 1.29 is 30.0 Å². The van der Waals surface area contributed by atoms with Gasteiger partial charge in [-0.15, -0.1) is 0 Å². The zero-order valence-corrected chi connectivity index (χ0v) is 23.8. The molecule has 10 nitrogen and oxygen atoms in total. The standard InChI is InChI=1S/C22H28N4O6.Pb.2H/c27-11-9-23-5-7-25-13-1-2-14(26-8-6-24-10-12-28)18-17(13)21(31)19-15(29)3-4-16(30)20(19)22(18)32;;;/h1-4,23-30H,5-12H2;;;. The van der Waals surface area contributed by atoms with Crippen molar-refractivity contribution in [3.8, 4) is 11.5 Å². The maximum absolute atomic E-state index is 13.4. The predicted octanol–water partition coefficient (Wildman–Crippen LogP) is -1.06. The Hall–Kier alpha value is -2.26. The van der Waals surface area contributed by atoms with Gasteiger partial charge in [0.2, 0.25) is 11.6 Å². The van der Waals surface area contributed by atoms with Crippen LogP contribution in [0, 0.1) is 0 Å². The number of aromatic hydroxyl groups is 2. The van der Waals surface area contributed by atoms with Crippen molar-refractivity contribution in [2.75, 3.05) is 63.1 Å². The van der Waals surface area contributed by atoms with Gasteiger partial charge in [-0.1, -0.05) is 0 Å². The first-order valence-electron chi connectivity index (χ1n) is 10.4. The number of rotatable bonds is 12. The van der Waals surface area contributed by atoms with Crippen molar-refractivity contribution >= 4 is 50.2 Å². The third kappa shape index (κ3) is 6.00. The molecule has 178 valence electrons. The number of hydrogen-bond acceptors (Lipinski definition) is 10. The summed E-state index contributed by atoms with van der Waals surface area (Å²) in [6.07, 6.45) is 0. The van der Waals surface area contributed by atoms with E-state index in [9.17, 15) is 19.8 Å². The van der Waals surface area contributed by atoms with E-state index in [4.69, 9.17) is 10.2 Å². The van der Waals surface area contributed by atoms with Crippen LogP contribution in [-0.2, 0) is 0 Å². The Labute approximate surface area is 211 Å². The summed E-state index contributed by atoms with van der Waals surface area (Å²) < 4.78 is 0. The van der Waals surface area contributed by atoms with Gasteiger partial charge in [-0.05, 0) is 24.3 Å². The molecule has 3 rings (SSSR count). The molecule has 2 radical (unpaired) electrons. The molecule has 1 aliphatic carbocycles. The number of fused-ring (bicyclic) bond motifs is 2.